The molecule has 2 rings (SSSR count). The van der Waals surface area contributed by atoms with Crippen LogP contribution in [0.2, 0.25) is 0 Å². The van der Waals surface area contributed by atoms with Crippen molar-refractivity contribution < 1.29 is 5.11 Å². The summed E-state index contributed by atoms with van der Waals surface area (Å²) in [6.45, 7) is 2.89. The molecule has 0 aliphatic carbocycles. The van der Waals surface area contributed by atoms with Crippen molar-refractivity contribution in [3.63, 3.8) is 0 Å². The van der Waals surface area contributed by atoms with Crippen molar-refractivity contribution in [1.29, 1.82) is 0 Å². The van der Waals surface area contributed by atoms with Gasteiger partial charge in [0.25, 0.3) is 0 Å². The number of anilines is 1. The van der Waals surface area contributed by atoms with Gasteiger partial charge in [-0.25, -0.2) is 0 Å². The van der Waals surface area contributed by atoms with Crippen molar-refractivity contribution >= 4 is 28.2 Å². The minimum atomic E-state index is 0.292. The monoisotopic (exact) mass is 267 g/mol. The molecule has 0 radical (unpaired) electrons. The van der Waals surface area contributed by atoms with Gasteiger partial charge in [0, 0.05) is 11.4 Å². The Morgan fingerprint density at radius 2 is 2.29 bits per heavy atom. The van der Waals surface area contributed by atoms with Crippen LogP contribution >= 0.6 is 23.1 Å². The Hall–Kier alpha value is -1.27. The number of rotatable bonds is 5. The van der Waals surface area contributed by atoms with Gasteiger partial charge >= 0.3 is 0 Å². The molecule has 1 heterocycles. The fraction of sp³-hybridized carbons (Fsp3) is 0.273. The molecule has 0 atom stereocenters. The van der Waals surface area contributed by atoms with Crippen molar-refractivity contribution in [2.24, 2.45) is 0 Å². The van der Waals surface area contributed by atoms with Gasteiger partial charge in [0.05, 0.1) is 5.75 Å². The van der Waals surface area contributed by atoms with E-state index >= 15 is 0 Å². The maximum absolute atomic E-state index is 9.34. The summed E-state index contributed by atoms with van der Waals surface area (Å²) < 4.78 is 0. The minimum Gasteiger partial charge on any atom is -0.508 e. The molecule has 90 valence electrons. The van der Waals surface area contributed by atoms with Gasteiger partial charge in [-0.15, -0.1) is 22.0 Å². The van der Waals surface area contributed by atoms with Crippen molar-refractivity contribution in [2.75, 3.05) is 11.9 Å². The van der Waals surface area contributed by atoms with E-state index in [2.05, 4.69) is 15.5 Å². The van der Waals surface area contributed by atoms with Gasteiger partial charge in [-0.2, -0.15) is 0 Å². The minimum absolute atomic E-state index is 0.292. The van der Waals surface area contributed by atoms with Crippen LogP contribution in [-0.4, -0.2) is 21.8 Å². The van der Waals surface area contributed by atoms with Crippen LogP contribution in [-0.2, 0) is 5.75 Å². The van der Waals surface area contributed by atoms with Crippen LogP contribution in [0.3, 0.4) is 0 Å². The molecule has 0 aliphatic heterocycles. The average Bonchev–Trinajstić information content (AvgIpc) is 2.75. The summed E-state index contributed by atoms with van der Waals surface area (Å²) in [6, 6.07) is 7.22. The molecule has 1 aromatic carbocycles. The van der Waals surface area contributed by atoms with Crippen molar-refractivity contribution in [1.82, 2.24) is 10.2 Å². The Balaban J connectivity index is 1.93. The molecule has 2 aromatic rings. The van der Waals surface area contributed by atoms with Crippen LogP contribution in [0.15, 0.2) is 29.2 Å². The third-order valence-electron chi connectivity index (χ3n) is 1.97. The molecule has 0 amide bonds. The summed E-state index contributed by atoms with van der Waals surface area (Å²) in [5.41, 5.74) is 0. The van der Waals surface area contributed by atoms with Crippen molar-refractivity contribution in [3.05, 3.63) is 29.3 Å². The topological polar surface area (TPSA) is 58.0 Å². The number of benzene rings is 1. The zero-order valence-electron chi connectivity index (χ0n) is 9.38. The Bertz CT molecular complexity index is 487. The van der Waals surface area contributed by atoms with Gasteiger partial charge in [-0.1, -0.05) is 17.4 Å². The molecule has 4 nitrogen and oxygen atoms in total. The second-order valence-corrected chi connectivity index (χ2v) is 5.43. The fourth-order valence-electron chi connectivity index (χ4n) is 1.25. The molecular formula is C11H13N3OS2. The summed E-state index contributed by atoms with van der Waals surface area (Å²) in [5.74, 6) is 1.06. The highest BCUT2D eigenvalue weighted by atomic mass is 32.2. The van der Waals surface area contributed by atoms with Gasteiger partial charge in [0.2, 0.25) is 5.13 Å². The fourth-order valence-corrected chi connectivity index (χ4v) is 3.00. The highest BCUT2D eigenvalue weighted by Crippen LogP contribution is 2.27. The van der Waals surface area contributed by atoms with E-state index in [1.54, 1.807) is 35.2 Å². The maximum atomic E-state index is 9.34. The molecule has 0 fully saturated rings. The SMILES string of the molecule is CCNc1nnc(CSc2cccc(O)c2)s1. The van der Waals surface area contributed by atoms with Crippen molar-refractivity contribution in [3.8, 4) is 5.75 Å². The molecule has 0 spiro atoms. The number of hydrogen-bond donors (Lipinski definition) is 2. The van der Waals surface area contributed by atoms with Crippen LogP contribution in [0.4, 0.5) is 5.13 Å². The quantitative estimate of drug-likeness (QED) is 0.816. The predicted molar refractivity (Wildman–Crippen MR) is 71.7 cm³/mol. The van der Waals surface area contributed by atoms with Crippen LogP contribution in [0.5, 0.6) is 5.75 Å². The summed E-state index contributed by atoms with van der Waals surface area (Å²) in [4.78, 5) is 1.03. The Morgan fingerprint density at radius 1 is 1.41 bits per heavy atom. The van der Waals surface area contributed by atoms with E-state index in [4.69, 9.17) is 0 Å². The van der Waals surface area contributed by atoms with Gasteiger partial charge in [0.15, 0.2) is 0 Å². The number of hydrogen-bond acceptors (Lipinski definition) is 6. The molecule has 2 N–H and O–H groups in total. The first-order valence-electron chi connectivity index (χ1n) is 5.26. The Labute approximate surface area is 108 Å². The normalized spacial score (nSPS) is 10.4. The summed E-state index contributed by atoms with van der Waals surface area (Å²) >= 11 is 3.20. The van der Waals surface area contributed by atoms with Gasteiger partial charge in [-0.05, 0) is 25.1 Å². The largest absolute Gasteiger partial charge is 0.508 e. The van der Waals surface area contributed by atoms with Gasteiger partial charge < -0.3 is 10.4 Å². The lowest BCUT2D eigenvalue weighted by Crippen LogP contribution is -1.94. The number of thioether (sulfide) groups is 1. The Kier molecular flexibility index (Phi) is 4.22. The molecule has 17 heavy (non-hydrogen) atoms. The van der Waals surface area contributed by atoms with E-state index < -0.39 is 0 Å². The average molecular weight is 267 g/mol. The summed E-state index contributed by atoms with van der Waals surface area (Å²) in [7, 11) is 0. The number of nitrogens with zero attached hydrogens (tertiary/aromatic N) is 2. The predicted octanol–water partition coefficient (Wildman–Crippen LogP) is 2.97. The number of nitrogens with one attached hydrogen (secondary N) is 1. The van der Waals surface area contributed by atoms with Crippen LogP contribution in [0.25, 0.3) is 0 Å². The Morgan fingerprint density at radius 3 is 3.06 bits per heavy atom. The summed E-state index contributed by atoms with van der Waals surface area (Å²) in [6.07, 6.45) is 0. The molecule has 1 aromatic heterocycles. The zero-order chi connectivity index (χ0) is 12.1. The van der Waals surface area contributed by atoms with E-state index in [9.17, 15) is 5.11 Å². The van der Waals surface area contributed by atoms with Crippen LogP contribution in [0.1, 0.15) is 11.9 Å². The number of aromatic nitrogens is 2. The third-order valence-corrected chi connectivity index (χ3v) is 4.04. The first-order valence-corrected chi connectivity index (χ1v) is 7.06. The molecule has 0 saturated heterocycles. The first kappa shape index (κ1) is 12.2. The molecule has 0 unspecified atom stereocenters. The first-order chi connectivity index (χ1) is 8.28. The molecule has 0 aliphatic rings. The number of phenols is 1. The number of aromatic hydroxyl groups is 1. The van der Waals surface area contributed by atoms with E-state index in [0.29, 0.717) is 5.75 Å². The standard InChI is InChI=1S/C11H13N3OS2/c1-2-12-11-14-13-10(17-11)7-16-9-5-3-4-8(15)6-9/h3-6,15H,2,7H2,1H3,(H,12,14). The lowest BCUT2D eigenvalue weighted by molar-refractivity contribution is 0.474. The lowest BCUT2D eigenvalue weighted by atomic mass is 10.3. The van der Waals surface area contributed by atoms with E-state index in [0.717, 1.165) is 27.3 Å². The van der Waals surface area contributed by atoms with E-state index in [1.807, 2.05) is 19.1 Å². The molecule has 0 bridgehead atoms. The molecule has 6 heteroatoms. The van der Waals surface area contributed by atoms with Crippen LogP contribution < -0.4 is 5.32 Å². The zero-order valence-corrected chi connectivity index (χ0v) is 11.0. The maximum Gasteiger partial charge on any atom is 0.205 e. The van der Waals surface area contributed by atoms with Gasteiger partial charge in [0.1, 0.15) is 10.8 Å². The van der Waals surface area contributed by atoms with Gasteiger partial charge in [-0.3, -0.25) is 0 Å². The number of phenolic OH excluding ortho intramolecular Hbond substituents is 1. The third kappa shape index (κ3) is 3.61. The molecular weight excluding hydrogens is 254 g/mol. The lowest BCUT2D eigenvalue weighted by Gasteiger charge is -1.99. The smallest absolute Gasteiger partial charge is 0.205 e. The van der Waals surface area contributed by atoms with Crippen LogP contribution in [0, 0.1) is 0 Å². The highest BCUT2D eigenvalue weighted by molar-refractivity contribution is 7.98. The highest BCUT2D eigenvalue weighted by Gasteiger charge is 2.04. The van der Waals surface area contributed by atoms with E-state index in [-0.39, 0.29) is 0 Å². The second kappa shape index (κ2) is 5.88. The van der Waals surface area contributed by atoms with Crippen molar-refractivity contribution in [2.45, 2.75) is 17.6 Å². The second-order valence-electron chi connectivity index (χ2n) is 3.32. The van der Waals surface area contributed by atoms with E-state index in [1.165, 1.54) is 0 Å². The summed E-state index contributed by atoms with van der Waals surface area (Å²) in [5, 5.41) is 22.4. The molecule has 0 saturated carbocycles.